The van der Waals surface area contributed by atoms with Gasteiger partial charge in [0.25, 0.3) is 5.92 Å². The molecule has 0 amide bonds. The van der Waals surface area contributed by atoms with Crippen molar-refractivity contribution in [3.63, 3.8) is 0 Å². The lowest BCUT2D eigenvalue weighted by molar-refractivity contribution is -0.133. The molecule has 2 heterocycles. The molecule has 2 aromatic heterocycles. The van der Waals surface area contributed by atoms with Crippen LogP contribution in [-0.2, 0) is 5.54 Å². The molecule has 0 unspecified atom stereocenters. The molecule has 0 radical (unpaired) electrons. The number of nitrogens with two attached hydrogens (primary N) is 1. The molecule has 4 rings (SSSR count). The summed E-state index contributed by atoms with van der Waals surface area (Å²) in [6.45, 7) is 1.98. The molecular weight excluding hydrogens is 316 g/mol. The molecule has 1 aliphatic rings. The number of rotatable bonds is 3. The standard InChI is InChI=1S/C16H15F2N5O/c1-10-2-3-11(6-12(10)23-5-4-20-9-23)13-21-14(24-22-13)15(19)7-16(17,18)8-15/h2-6,9H,7-8,19H2,1H3. The first kappa shape index (κ1) is 14.9. The average Bonchev–Trinajstić information content (AvgIpc) is 3.17. The number of hydrogen-bond donors (Lipinski definition) is 1. The van der Waals surface area contributed by atoms with Gasteiger partial charge in [-0.15, -0.1) is 0 Å². The van der Waals surface area contributed by atoms with Gasteiger partial charge in [0.05, 0.1) is 12.0 Å². The molecular formula is C16H15F2N5O. The smallest absolute Gasteiger partial charge is 0.252 e. The van der Waals surface area contributed by atoms with E-state index in [1.165, 1.54) is 0 Å². The van der Waals surface area contributed by atoms with Crippen LogP contribution in [0.2, 0.25) is 0 Å². The zero-order valence-electron chi connectivity index (χ0n) is 12.9. The number of aromatic nitrogens is 4. The van der Waals surface area contributed by atoms with E-state index in [1.807, 2.05) is 35.9 Å². The lowest BCUT2D eigenvalue weighted by atomic mass is 9.74. The summed E-state index contributed by atoms with van der Waals surface area (Å²) in [6.07, 6.45) is 4.26. The summed E-state index contributed by atoms with van der Waals surface area (Å²) in [7, 11) is 0. The summed E-state index contributed by atoms with van der Waals surface area (Å²) < 4.78 is 33.3. The first-order chi connectivity index (χ1) is 11.4. The Morgan fingerprint density at radius 2 is 2.08 bits per heavy atom. The molecule has 8 heteroatoms. The van der Waals surface area contributed by atoms with Crippen molar-refractivity contribution in [3.05, 3.63) is 48.4 Å². The summed E-state index contributed by atoms with van der Waals surface area (Å²) in [5.41, 5.74) is 7.38. The van der Waals surface area contributed by atoms with Crippen molar-refractivity contribution in [2.75, 3.05) is 0 Å². The fraction of sp³-hybridized carbons (Fsp3) is 0.312. The van der Waals surface area contributed by atoms with Crippen LogP contribution in [-0.4, -0.2) is 25.6 Å². The van der Waals surface area contributed by atoms with E-state index >= 15 is 0 Å². The van der Waals surface area contributed by atoms with Crippen molar-refractivity contribution in [1.82, 2.24) is 19.7 Å². The van der Waals surface area contributed by atoms with Gasteiger partial charge in [0.1, 0.15) is 5.54 Å². The first-order valence-corrected chi connectivity index (χ1v) is 7.47. The molecule has 1 saturated carbocycles. The molecule has 124 valence electrons. The topological polar surface area (TPSA) is 82.8 Å². The van der Waals surface area contributed by atoms with Crippen molar-refractivity contribution in [2.24, 2.45) is 5.73 Å². The third kappa shape index (κ3) is 2.39. The van der Waals surface area contributed by atoms with Gasteiger partial charge in [0, 0.05) is 30.8 Å². The van der Waals surface area contributed by atoms with E-state index in [-0.39, 0.29) is 5.89 Å². The number of benzene rings is 1. The minimum absolute atomic E-state index is 0.0492. The van der Waals surface area contributed by atoms with Crippen LogP contribution in [0.3, 0.4) is 0 Å². The molecule has 24 heavy (non-hydrogen) atoms. The summed E-state index contributed by atoms with van der Waals surface area (Å²) >= 11 is 0. The fourth-order valence-electron chi connectivity index (χ4n) is 2.99. The number of halogens is 2. The second kappa shape index (κ2) is 4.94. The average molecular weight is 331 g/mol. The highest BCUT2D eigenvalue weighted by molar-refractivity contribution is 5.61. The number of nitrogens with zero attached hydrogens (tertiary/aromatic N) is 4. The minimum atomic E-state index is -2.76. The normalized spacial score (nSPS) is 18.3. The number of alkyl halides is 2. The highest BCUT2D eigenvalue weighted by Gasteiger charge is 2.58. The van der Waals surface area contributed by atoms with Gasteiger partial charge in [-0.1, -0.05) is 17.3 Å². The van der Waals surface area contributed by atoms with Crippen LogP contribution < -0.4 is 5.73 Å². The van der Waals surface area contributed by atoms with Gasteiger partial charge < -0.3 is 14.8 Å². The van der Waals surface area contributed by atoms with E-state index in [0.29, 0.717) is 11.4 Å². The number of hydrogen-bond acceptors (Lipinski definition) is 5. The van der Waals surface area contributed by atoms with Gasteiger partial charge in [-0.05, 0) is 18.6 Å². The zero-order valence-corrected chi connectivity index (χ0v) is 12.9. The highest BCUT2D eigenvalue weighted by atomic mass is 19.3. The van der Waals surface area contributed by atoms with Crippen molar-refractivity contribution in [3.8, 4) is 17.1 Å². The van der Waals surface area contributed by atoms with E-state index in [9.17, 15) is 8.78 Å². The van der Waals surface area contributed by atoms with Crippen LogP contribution in [0.15, 0.2) is 41.4 Å². The van der Waals surface area contributed by atoms with Crippen LogP contribution in [0.4, 0.5) is 8.78 Å². The van der Waals surface area contributed by atoms with Crippen LogP contribution in [0, 0.1) is 6.92 Å². The van der Waals surface area contributed by atoms with Crippen LogP contribution in [0.1, 0.15) is 24.3 Å². The van der Waals surface area contributed by atoms with E-state index < -0.39 is 24.3 Å². The summed E-state index contributed by atoms with van der Waals surface area (Å²) in [6, 6.07) is 5.67. The molecule has 0 spiro atoms. The van der Waals surface area contributed by atoms with Crippen LogP contribution >= 0.6 is 0 Å². The molecule has 0 aliphatic heterocycles. The first-order valence-electron chi connectivity index (χ1n) is 7.47. The lowest BCUT2D eigenvalue weighted by Crippen LogP contribution is -2.55. The van der Waals surface area contributed by atoms with Gasteiger partial charge >= 0.3 is 0 Å². The van der Waals surface area contributed by atoms with Crippen LogP contribution in [0.5, 0.6) is 0 Å². The van der Waals surface area contributed by atoms with E-state index in [2.05, 4.69) is 15.1 Å². The number of aryl methyl sites for hydroxylation is 1. The molecule has 0 saturated heterocycles. The summed E-state index contributed by atoms with van der Waals surface area (Å²) in [4.78, 5) is 8.27. The molecule has 1 aromatic carbocycles. The number of imidazole rings is 1. The maximum absolute atomic E-state index is 13.1. The van der Waals surface area contributed by atoms with E-state index in [1.54, 1.807) is 12.5 Å². The third-order valence-corrected chi connectivity index (χ3v) is 4.25. The van der Waals surface area contributed by atoms with Gasteiger partial charge in [0.15, 0.2) is 0 Å². The second-order valence-electron chi connectivity index (χ2n) is 6.26. The fourth-order valence-corrected chi connectivity index (χ4v) is 2.99. The molecule has 1 fully saturated rings. The summed E-state index contributed by atoms with van der Waals surface area (Å²) in [5.74, 6) is -2.39. The lowest BCUT2D eigenvalue weighted by Gasteiger charge is -2.41. The molecule has 6 nitrogen and oxygen atoms in total. The Kier molecular flexibility index (Phi) is 3.08. The molecule has 1 aliphatic carbocycles. The summed E-state index contributed by atoms with van der Waals surface area (Å²) in [5, 5.41) is 3.90. The Bertz CT molecular complexity index is 880. The Balaban J connectivity index is 1.67. The van der Waals surface area contributed by atoms with Crippen LogP contribution in [0.25, 0.3) is 17.1 Å². The largest absolute Gasteiger partial charge is 0.337 e. The molecule has 0 bridgehead atoms. The Morgan fingerprint density at radius 3 is 2.75 bits per heavy atom. The highest BCUT2D eigenvalue weighted by Crippen LogP contribution is 2.49. The van der Waals surface area contributed by atoms with E-state index in [0.717, 1.165) is 11.3 Å². The minimum Gasteiger partial charge on any atom is -0.337 e. The quantitative estimate of drug-likeness (QED) is 0.798. The van der Waals surface area contributed by atoms with Crippen molar-refractivity contribution in [2.45, 2.75) is 31.2 Å². The third-order valence-electron chi connectivity index (χ3n) is 4.25. The molecule has 2 N–H and O–H groups in total. The van der Waals surface area contributed by atoms with Gasteiger partial charge in [-0.25, -0.2) is 13.8 Å². The van der Waals surface area contributed by atoms with E-state index in [4.69, 9.17) is 10.3 Å². The van der Waals surface area contributed by atoms with Gasteiger partial charge in [0.2, 0.25) is 11.7 Å². The van der Waals surface area contributed by atoms with Gasteiger partial charge in [-0.3, -0.25) is 0 Å². The van der Waals surface area contributed by atoms with Crippen molar-refractivity contribution in [1.29, 1.82) is 0 Å². The molecule has 3 aromatic rings. The maximum atomic E-state index is 13.1. The SMILES string of the molecule is Cc1ccc(-c2noc(C3(N)CC(F)(F)C3)n2)cc1-n1ccnc1. The Labute approximate surface area is 136 Å². The predicted octanol–water partition coefficient (Wildman–Crippen LogP) is 2.81. The molecule has 0 atom stereocenters. The monoisotopic (exact) mass is 331 g/mol. The maximum Gasteiger partial charge on any atom is 0.252 e. The second-order valence-corrected chi connectivity index (χ2v) is 6.26. The Morgan fingerprint density at radius 1 is 1.29 bits per heavy atom. The van der Waals surface area contributed by atoms with Crippen molar-refractivity contribution >= 4 is 0 Å². The Hall–Kier alpha value is -2.61. The zero-order chi connectivity index (χ0) is 16.9. The van der Waals surface area contributed by atoms with Crippen molar-refractivity contribution < 1.29 is 13.3 Å². The predicted molar refractivity (Wildman–Crippen MR) is 81.6 cm³/mol. The van der Waals surface area contributed by atoms with Gasteiger partial charge in [-0.2, -0.15) is 4.98 Å².